The summed E-state index contributed by atoms with van der Waals surface area (Å²) < 4.78 is 7.39. The molecule has 10 nitrogen and oxygen atoms in total. The summed E-state index contributed by atoms with van der Waals surface area (Å²) in [6.07, 6.45) is 2.03. The number of benzene rings is 1. The maximum absolute atomic E-state index is 12.4. The summed E-state index contributed by atoms with van der Waals surface area (Å²) in [5.41, 5.74) is 3.33. The highest BCUT2D eigenvalue weighted by atomic mass is 32.1. The molecule has 198 valence electrons. The van der Waals surface area contributed by atoms with Crippen molar-refractivity contribution < 1.29 is 9.32 Å². The van der Waals surface area contributed by atoms with Crippen LogP contribution < -0.4 is 15.5 Å². The van der Waals surface area contributed by atoms with Gasteiger partial charge in [-0.05, 0) is 38.4 Å². The molecule has 0 radical (unpaired) electrons. The molecule has 2 N–H and O–H groups in total. The summed E-state index contributed by atoms with van der Waals surface area (Å²) in [4.78, 5) is 28.3. The van der Waals surface area contributed by atoms with Gasteiger partial charge in [-0.3, -0.25) is 9.72 Å². The Labute approximate surface area is 225 Å². The average Bonchev–Trinajstić information content (AvgIpc) is 3.57. The van der Waals surface area contributed by atoms with E-state index >= 15 is 0 Å². The molecule has 0 saturated carbocycles. The van der Waals surface area contributed by atoms with Crippen LogP contribution in [0, 0.1) is 0 Å². The van der Waals surface area contributed by atoms with Crippen molar-refractivity contribution >= 4 is 50.0 Å². The third kappa shape index (κ3) is 5.48. The van der Waals surface area contributed by atoms with E-state index in [0.29, 0.717) is 17.3 Å². The van der Waals surface area contributed by atoms with Crippen molar-refractivity contribution in [2.75, 3.05) is 49.8 Å². The number of nitrogens with one attached hydrogen (secondary N) is 2. The van der Waals surface area contributed by atoms with Crippen molar-refractivity contribution in [3.63, 3.8) is 0 Å². The smallest absolute Gasteiger partial charge is 0.324 e. The fourth-order valence-corrected chi connectivity index (χ4v) is 4.86. The Morgan fingerprint density at radius 3 is 2.47 bits per heavy atom. The first-order chi connectivity index (χ1) is 18.1. The lowest BCUT2D eigenvalue weighted by molar-refractivity contribution is 0.262. The zero-order chi connectivity index (χ0) is 27.0. The van der Waals surface area contributed by atoms with Crippen LogP contribution in [0.1, 0.15) is 26.5 Å². The number of hydrogen-bond acceptors (Lipinski definition) is 8. The van der Waals surface area contributed by atoms with Crippen molar-refractivity contribution in [3.05, 3.63) is 54.4 Å². The molecule has 5 rings (SSSR count). The third-order valence-corrected chi connectivity index (χ3v) is 7.11. The predicted molar refractivity (Wildman–Crippen MR) is 153 cm³/mol. The van der Waals surface area contributed by atoms with Crippen LogP contribution in [0.2, 0.25) is 0 Å². The van der Waals surface area contributed by atoms with Gasteiger partial charge in [-0.25, -0.2) is 14.8 Å². The molecule has 0 spiro atoms. The van der Waals surface area contributed by atoms with Gasteiger partial charge in [-0.1, -0.05) is 49.4 Å². The van der Waals surface area contributed by atoms with Gasteiger partial charge in [0.1, 0.15) is 16.4 Å². The number of imidazole rings is 1. The van der Waals surface area contributed by atoms with E-state index in [0.717, 1.165) is 45.5 Å². The van der Waals surface area contributed by atoms with E-state index in [1.807, 2.05) is 51.2 Å². The maximum Gasteiger partial charge on any atom is 0.324 e. The van der Waals surface area contributed by atoms with Crippen LogP contribution in [0.5, 0.6) is 0 Å². The largest absolute Gasteiger partial charge is 0.359 e. The molecule has 0 fully saturated rings. The van der Waals surface area contributed by atoms with Crippen molar-refractivity contribution in [3.8, 4) is 11.3 Å². The summed E-state index contributed by atoms with van der Waals surface area (Å²) in [7, 11) is 6.20. The number of thiazole rings is 1. The minimum absolute atomic E-state index is 0.185. The fourth-order valence-electron chi connectivity index (χ4n) is 3.88. The first-order valence-corrected chi connectivity index (χ1v) is 13.2. The number of likely N-dealkylation sites (N-methyl/N-ethyl adjacent to an activating group) is 2. The van der Waals surface area contributed by atoms with E-state index in [1.54, 1.807) is 17.4 Å². The molecule has 0 unspecified atom stereocenters. The molecule has 1 aromatic carbocycles. The van der Waals surface area contributed by atoms with Crippen LogP contribution in [0.25, 0.3) is 26.6 Å². The summed E-state index contributed by atoms with van der Waals surface area (Å²) >= 11 is 1.57. The Morgan fingerprint density at radius 1 is 1.03 bits per heavy atom. The predicted octanol–water partition coefficient (Wildman–Crippen LogP) is 5.54. The Balaban J connectivity index is 1.26. The molecule has 0 aliphatic carbocycles. The van der Waals surface area contributed by atoms with E-state index in [1.165, 1.54) is 0 Å². The van der Waals surface area contributed by atoms with E-state index in [2.05, 4.69) is 63.3 Å². The van der Waals surface area contributed by atoms with Crippen molar-refractivity contribution in [2.45, 2.75) is 26.2 Å². The van der Waals surface area contributed by atoms with Crippen molar-refractivity contribution in [1.29, 1.82) is 0 Å². The molecule has 4 heterocycles. The average molecular weight is 533 g/mol. The number of nitrogens with zero attached hydrogens (tertiary/aromatic N) is 6. The van der Waals surface area contributed by atoms with Gasteiger partial charge in [0.25, 0.3) is 0 Å². The number of urea groups is 1. The van der Waals surface area contributed by atoms with Crippen molar-refractivity contribution in [1.82, 2.24) is 24.4 Å². The van der Waals surface area contributed by atoms with Gasteiger partial charge in [0.05, 0.1) is 11.2 Å². The molecule has 2 amide bonds. The summed E-state index contributed by atoms with van der Waals surface area (Å²) in [6.45, 7) is 7.93. The zero-order valence-electron chi connectivity index (χ0n) is 22.4. The van der Waals surface area contributed by atoms with Gasteiger partial charge >= 0.3 is 6.03 Å². The highest BCUT2D eigenvalue weighted by Gasteiger charge is 2.20. The Morgan fingerprint density at radius 2 is 1.79 bits per heavy atom. The minimum atomic E-state index is -0.389. The molecular formula is C27H32N8O2S. The van der Waals surface area contributed by atoms with E-state index in [9.17, 15) is 4.79 Å². The number of anilines is 3. The van der Waals surface area contributed by atoms with Crippen LogP contribution in [-0.2, 0) is 5.41 Å². The fraction of sp³-hybridized carbons (Fsp3) is 0.333. The molecule has 5 aromatic rings. The van der Waals surface area contributed by atoms with Crippen molar-refractivity contribution in [2.24, 2.45) is 0 Å². The molecule has 0 bridgehead atoms. The maximum atomic E-state index is 12.4. The topological polar surface area (TPSA) is 104 Å². The number of fused-ring (bicyclic) bond motifs is 3. The van der Waals surface area contributed by atoms with E-state index < -0.39 is 0 Å². The number of aromatic nitrogens is 4. The Hall–Kier alpha value is -3.96. The van der Waals surface area contributed by atoms with E-state index in [-0.39, 0.29) is 11.4 Å². The molecule has 0 aliphatic rings. The molecule has 0 aliphatic heterocycles. The molecule has 11 heteroatoms. The summed E-state index contributed by atoms with van der Waals surface area (Å²) in [5.74, 6) is 2.03. The van der Waals surface area contributed by atoms with Gasteiger partial charge in [0, 0.05) is 49.1 Å². The van der Waals surface area contributed by atoms with Gasteiger partial charge in [0.15, 0.2) is 10.8 Å². The van der Waals surface area contributed by atoms with Gasteiger partial charge < -0.3 is 19.6 Å². The number of carbonyl (C=O) groups excluding carboxylic acids is 1. The SMILES string of the molecule is CN(C)CCN(C)c1ccc2c(n1)sc1nc(-c3ccc(NC(=O)Nc4cc(C(C)(C)C)on4)cc3)cn12. The van der Waals surface area contributed by atoms with Gasteiger partial charge in [-0.2, -0.15) is 0 Å². The minimum Gasteiger partial charge on any atom is -0.359 e. The monoisotopic (exact) mass is 532 g/mol. The highest BCUT2D eigenvalue weighted by molar-refractivity contribution is 7.23. The van der Waals surface area contributed by atoms with E-state index in [4.69, 9.17) is 14.5 Å². The van der Waals surface area contributed by atoms with Crippen LogP contribution in [0.3, 0.4) is 0 Å². The second-order valence-electron chi connectivity index (χ2n) is 10.6. The Kier molecular flexibility index (Phi) is 6.80. The standard InChI is InChI=1S/C27H32N8O2S/c1-27(2,3)21-15-22(32-37-21)30-25(36)28-18-9-7-17(8-10-18)19-16-35-20-11-12-23(34(6)14-13-33(4)5)31-24(20)38-26(35)29-19/h7-12,15-16H,13-14H2,1-6H3,(H2,28,30,32,36). The third-order valence-electron chi connectivity index (χ3n) is 6.15. The lowest BCUT2D eigenvalue weighted by Gasteiger charge is -2.20. The molecule has 0 saturated heterocycles. The second-order valence-corrected chi connectivity index (χ2v) is 11.5. The van der Waals surface area contributed by atoms with Crippen LogP contribution in [0.4, 0.5) is 22.1 Å². The molecule has 38 heavy (non-hydrogen) atoms. The number of carbonyl (C=O) groups is 1. The quantitative estimate of drug-likeness (QED) is 0.284. The normalized spacial score (nSPS) is 12.0. The number of rotatable bonds is 7. The first-order valence-electron chi connectivity index (χ1n) is 12.4. The number of amides is 2. The summed E-state index contributed by atoms with van der Waals surface area (Å²) in [6, 6.07) is 13.1. The molecule has 4 aromatic heterocycles. The first kappa shape index (κ1) is 25.7. The Bertz CT molecular complexity index is 1580. The summed E-state index contributed by atoms with van der Waals surface area (Å²) in [5, 5.41) is 9.44. The lowest BCUT2D eigenvalue weighted by atomic mass is 9.93. The number of hydrogen-bond donors (Lipinski definition) is 2. The highest BCUT2D eigenvalue weighted by Crippen LogP contribution is 2.30. The second kappa shape index (κ2) is 10.1. The molecular weight excluding hydrogens is 500 g/mol. The zero-order valence-corrected chi connectivity index (χ0v) is 23.3. The van der Waals surface area contributed by atoms with Gasteiger partial charge in [0.2, 0.25) is 0 Å². The van der Waals surface area contributed by atoms with Crippen LogP contribution in [-0.4, -0.2) is 64.7 Å². The van der Waals surface area contributed by atoms with Crippen LogP contribution >= 0.6 is 11.3 Å². The van der Waals surface area contributed by atoms with Gasteiger partial charge in [-0.15, -0.1) is 0 Å². The van der Waals surface area contributed by atoms with Crippen LogP contribution in [0.15, 0.2) is 53.2 Å². The number of pyridine rings is 1. The molecule has 0 atom stereocenters. The lowest BCUT2D eigenvalue weighted by Crippen LogP contribution is -2.28.